The molecule has 0 saturated carbocycles. The normalized spacial score (nSPS) is 16.8. The first kappa shape index (κ1) is 16.5. The predicted octanol–water partition coefficient (Wildman–Crippen LogP) is 2.30. The molecule has 0 fully saturated rings. The predicted molar refractivity (Wildman–Crippen MR) is 92.1 cm³/mol. The molecule has 0 saturated heterocycles. The fraction of sp³-hybridized carbons (Fsp3) is 0.278. The molecule has 1 aliphatic heterocycles. The molecule has 126 valence electrons. The van der Waals surface area contributed by atoms with Crippen molar-refractivity contribution in [2.75, 3.05) is 24.8 Å². The molecule has 0 bridgehead atoms. The van der Waals surface area contributed by atoms with Crippen LogP contribution in [0.3, 0.4) is 0 Å². The highest BCUT2D eigenvalue weighted by Gasteiger charge is 2.30. The van der Waals surface area contributed by atoms with E-state index in [2.05, 4.69) is 0 Å². The van der Waals surface area contributed by atoms with E-state index in [1.54, 1.807) is 25.2 Å². The molecule has 3 rings (SSSR count). The Bertz CT molecular complexity index is 876. The van der Waals surface area contributed by atoms with Crippen LogP contribution in [0.25, 0.3) is 0 Å². The number of para-hydroxylation sites is 2. The maximum absolute atomic E-state index is 12.8. The first-order valence-electron chi connectivity index (χ1n) is 7.65. The number of nitrogens with zero attached hydrogens (tertiary/aromatic N) is 1. The van der Waals surface area contributed by atoms with Crippen LogP contribution in [-0.2, 0) is 21.1 Å². The molecule has 1 atom stereocenters. The van der Waals surface area contributed by atoms with E-state index >= 15 is 0 Å². The summed E-state index contributed by atoms with van der Waals surface area (Å²) in [5, 5.41) is 0. The summed E-state index contributed by atoms with van der Waals surface area (Å²) in [6.45, 7) is 0.293. The highest BCUT2D eigenvalue weighted by atomic mass is 32.2. The lowest BCUT2D eigenvalue weighted by molar-refractivity contribution is -0.123. The SMILES string of the molecule is CN(C(=O)C1COc2ccccc2C1)c1ccccc1S(C)(=O)=O. The maximum Gasteiger partial charge on any atom is 0.233 e. The number of amides is 1. The molecule has 1 heterocycles. The molecule has 1 amide bonds. The second kappa shape index (κ2) is 6.28. The van der Waals surface area contributed by atoms with Crippen molar-refractivity contribution in [1.82, 2.24) is 0 Å². The Kier molecular flexibility index (Phi) is 4.32. The third kappa shape index (κ3) is 3.14. The largest absolute Gasteiger partial charge is 0.492 e. The lowest BCUT2D eigenvalue weighted by atomic mass is 9.95. The van der Waals surface area contributed by atoms with Crippen LogP contribution in [0.5, 0.6) is 5.75 Å². The van der Waals surface area contributed by atoms with Gasteiger partial charge in [0.2, 0.25) is 5.91 Å². The summed E-state index contributed by atoms with van der Waals surface area (Å²) in [4.78, 5) is 14.4. The van der Waals surface area contributed by atoms with Crippen molar-refractivity contribution in [2.45, 2.75) is 11.3 Å². The van der Waals surface area contributed by atoms with E-state index in [-0.39, 0.29) is 16.7 Å². The summed E-state index contributed by atoms with van der Waals surface area (Å²) >= 11 is 0. The van der Waals surface area contributed by atoms with Crippen LogP contribution in [0.1, 0.15) is 5.56 Å². The van der Waals surface area contributed by atoms with Crippen molar-refractivity contribution in [3.63, 3.8) is 0 Å². The molecule has 0 radical (unpaired) electrons. The molecule has 1 unspecified atom stereocenters. The molecular formula is C18H19NO4S. The molecule has 2 aromatic rings. The van der Waals surface area contributed by atoms with Gasteiger partial charge in [-0.25, -0.2) is 8.42 Å². The van der Waals surface area contributed by atoms with Crippen LogP contribution in [0.15, 0.2) is 53.4 Å². The Hall–Kier alpha value is -2.34. The fourth-order valence-corrected chi connectivity index (χ4v) is 3.84. The number of fused-ring (bicyclic) bond motifs is 1. The quantitative estimate of drug-likeness (QED) is 0.856. The van der Waals surface area contributed by atoms with Gasteiger partial charge in [0.15, 0.2) is 9.84 Å². The Morgan fingerprint density at radius 1 is 1.12 bits per heavy atom. The van der Waals surface area contributed by atoms with Gasteiger partial charge >= 0.3 is 0 Å². The zero-order valence-electron chi connectivity index (χ0n) is 13.6. The van der Waals surface area contributed by atoms with Gasteiger partial charge in [0, 0.05) is 13.3 Å². The van der Waals surface area contributed by atoms with E-state index in [1.165, 1.54) is 11.0 Å². The third-order valence-corrected chi connectivity index (χ3v) is 5.33. The Labute approximate surface area is 141 Å². The van der Waals surface area contributed by atoms with Crippen molar-refractivity contribution in [2.24, 2.45) is 5.92 Å². The van der Waals surface area contributed by atoms with Crippen LogP contribution >= 0.6 is 0 Å². The number of anilines is 1. The highest BCUT2D eigenvalue weighted by molar-refractivity contribution is 7.90. The number of hydrogen-bond acceptors (Lipinski definition) is 4. The second-order valence-electron chi connectivity index (χ2n) is 5.96. The molecule has 1 aliphatic rings. The number of carbonyl (C=O) groups is 1. The number of rotatable bonds is 3. The van der Waals surface area contributed by atoms with Crippen LogP contribution in [0.4, 0.5) is 5.69 Å². The van der Waals surface area contributed by atoms with E-state index in [0.717, 1.165) is 17.6 Å². The van der Waals surface area contributed by atoms with Gasteiger partial charge in [-0.05, 0) is 30.2 Å². The number of ether oxygens (including phenoxy) is 1. The standard InChI is InChI=1S/C18H19NO4S/c1-19(15-8-4-6-10-17(15)24(2,21)22)18(20)14-11-13-7-3-5-9-16(13)23-12-14/h3-10,14H,11-12H2,1-2H3. The lowest BCUT2D eigenvalue weighted by Gasteiger charge is -2.29. The van der Waals surface area contributed by atoms with Crippen LogP contribution in [0.2, 0.25) is 0 Å². The molecule has 0 spiro atoms. The van der Waals surface area contributed by atoms with Crippen molar-refractivity contribution in [3.05, 3.63) is 54.1 Å². The summed E-state index contributed by atoms with van der Waals surface area (Å²) in [5.41, 5.74) is 1.38. The molecular weight excluding hydrogens is 326 g/mol. The van der Waals surface area contributed by atoms with E-state index in [4.69, 9.17) is 4.74 Å². The minimum Gasteiger partial charge on any atom is -0.492 e. The topological polar surface area (TPSA) is 63.7 Å². The smallest absolute Gasteiger partial charge is 0.233 e. The molecule has 0 N–H and O–H groups in total. The maximum atomic E-state index is 12.8. The first-order valence-corrected chi connectivity index (χ1v) is 9.54. The van der Waals surface area contributed by atoms with Crippen LogP contribution in [-0.4, -0.2) is 34.2 Å². The zero-order chi connectivity index (χ0) is 17.3. The zero-order valence-corrected chi connectivity index (χ0v) is 14.4. The van der Waals surface area contributed by atoms with E-state index in [9.17, 15) is 13.2 Å². The Balaban J connectivity index is 1.87. The average molecular weight is 345 g/mol. The fourth-order valence-electron chi connectivity index (χ4n) is 2.93. The van der Waals surface area contributed by atoms with Gasteiger partial charge in [-0.1, -0.05) is 30.3 Å². The van der Waals surface area contributed by atoms with Crippen molar-refractivity contribution >= 4 is 21.4 Å². The lowest BCUT2D eigenvalue weighted by Crippen LogP contribution is -2.39. The van der Waals surface area contributed by atoms with Crippen LogP contribution < -0.4 is 9.64 Å². The Morgan fingerprint density at radius 3 is 2.54 bits per heavy atom. The van der Waals surface area contributed by atoms with Gasteiger partial charge in [-0.15, -0.1) is 0 Å². The minimum absolute atomic E-state index is 0.151. The van der Waals surface area contributed by atoms with Crippen molar-refractivity contribution in [1.29, 1.82) is 0 Å². The summed E-state index contributed by atoms with van der Waals surface area (Å²) in [6.07, 6.45) is 1.73. The van der Waals surface area contributed by atoms with Crippen molar-refractivity contribution < 1.29 is 17.9 Å². The minimum atomic E-state index is -3.42. The van der Waals surface area contributed by atoms with Gasteiger partial charge in [-0.3, -0.25) is 4.79 Å². The van der Waals surface area contributed by atoms with Gasteiger partial charge in [0.05, 0.1) is 16.5 Å². The first-order chi connectivity index (χ1) is 11.4. The third-order valence-electron chi connectivity index (χ3n) is 4.18. The van der Waals surface area contributed by atoms with E-state index in [0.29, 0.717) is 18.7 Å². The monoisotopic (exact) mass is 345 g/mol. The summed E-state index contributed by atoms with van der Waals surface area (Å²) in [6, 6.07) is 14.2. The second-order valence-corrected chi connectivity index (χ2v) is 7.94. The molecule has 6 heteroatoms. The number of carbonyl (C=O) groups excluding carboxylic acids is 1. The number of sulfone groups is 1. The number of benzene rings is 2. The van der Waals surface area contributed by atoms with Gasteiger partial charge in [0.1, 0.15) is 12.4 Å². The highest BCUT2D eigenvalue weighted by Crippen LogP contribution is 2.30. The average Bonchev–Trinajstić information content (AvgIpc) is 2.59. The van der Waals surface area contributed by atoms with Gasteiger partial charge < -0.3 is 9.64 Å². The molecule has 0 aliphatic carbocycles. The van der Waals surface area contributed by atoms with Gasteiger partial charge in [0.25, 0.3) is 0 Å². The van der Waals surface area contributed by atoms with Crippen molar-refractivity contribution in [3.8, 4) is 5.75 Å². The Morgan fingerprint density at radius 2 is 1.79 bits per heavy atom. The molecule has 2 aromatic carbocycles. The van der Waals surface area contributed by atoms with Crippen LogP contribution in [0, 0.1) is 5.92 Å². The number of hydrogen-bond donors (Lipinski definition) is 0. The molecule has 5 nitrogen and oxygen atoms in total. The van der Waals surface area contributed by atoms with E-state index in [1.807, 2.05) is 24.3 Å². The molecule has 24 heavy (non-hydrogen) atoms. The summed E-state index contributed by atoms with van der Waals surface area (Å²) < 4.78 is 29.6. The summed E-state index contributed by atoms with van der Waals surface area (Å²) in [5.74, 6) is 0.318. The van der Waals surface area contributed by atoms with Gasteiger partial charge in [-0.2, -0.15) is 0 Å². The van der Waals surface area contributed by atoms with E-state index < -0.39 is 9.84 Å². The molecule has 0 aromatic heterocycles. The summed E-state index contributed by atoms with van der Waals surface area (Å²) in [7, 11) is -1.81.